The lowest BCUT2D eigenvalue weighted by Gasteiger charge is -2.39. The van der Waals surface area contributed by atoms with Crippen molar-refractivity contribution in [2.75, 3.05) is 44.8 Å². The van der Waals surface area contributed by atoms with Crippen LogP contribution in [-0.2, 0) is 16.1 Å². The first-order valence-electron chi connectivity index (χ1n) is 14.2. The number of ether oxygens (including phenoxy) is 2. The molecule has 2 aromatic rings. The van der Waals surface area contributed by atoms with Gasteiger partial charge in [-0.25, -0.2) is 0 Å². The zero-order valence-corrected chi connectivity index (χ0v) is 23.1. The molecule has 2 aliphatic heterocycles. The summed E-state index contributed by atoms with van der Waals surface area (Å²) in [6.07, 6.45) is 9.02. The van der Waals surface area contributed by atoms with Crippen LogP contribution in [0.5, 0.6) is 11.5 Å². The molecule has 0 radical (unpaired) electrons. The topological polar surface area (TPSA) is 62.3 Å². The number of likely N-dealkylation sites (tertiary alicyclic amines) is 1. The number of amides is 2. The van der Waals surface area contributed by atoms with Crippen LogP contribution in [-0.4, -0.2) is 67.6 Å². The Morgan fingerprint density at radius 1 is 0.842 bits per heavy atom. The summed E-state index contributed by atoms with van der Waals surface area (Å²) in [5.74, 6) is 1.49. The quantitative estimate of drug-likeness (QED) is 0.536. The Morgan fingerprint density at radius 2 is 1.53 bits per heavy atom. The molecule has 0 spiro atoms. The molecule has 7 heteroatoms. The average molecular weight is 522 g/mol. The van der Waals surface area contributed by atoms with Crippen LogP contribution in [0.1, 0.15) is 63.9 Å². The van der Waals surface area contributed by atoms with Gasteiger partial charge in [-0.15, -0.1) is 0 Å². The number of hydrogen-bond donors (Lipinski definition) is 0. The maximum absolute atomic E-state index is 12.9. The predicted octanol–water partition coefficient (Wildman–Crippen LogP) is 5.27. The van der Waals surface area contributed by atoms with E-state index < -0.39 is 0 Å². The lowest BCUT2D eigenvalue weighted by Crippen LogP contribution is -2.48. The first kappa shape index (κ1) is 28.0. The molecule has 1 saturated heterocycles. The minimum Gasteiger partial charge on any atom is -0.497 e. The highest BCUT2D eigenvalue weighted by Gasteiger charge is 2.28. The van der Waals surface area contributed by atoms with Crippen molar-refractivity contribution in [3.05, 3.63) is 54.1 Å². The van der Waals surface area contributed by atoms with Gasteiger partial charge < -0.3 is 19.3 Å². The van der Waals surface area contributed by atoms with Crippen LogP contribution in [0.25, 0.3) is 0 Å². The number of piperidine rings is 1. The third-order valence-corrected chi connectivity index (χ3v) is 7.85. The highest BCUT2D eigenvalue weighted by Crippen LogP contribution is 2.27. The smallest absolute Gasteiger partial charge is 0.260 e. The van der Waals surface area contributed by atoms with Crippen molar-refractivity contribution in [1.29, 1.82) is 0 Å². The monoisotopic (exact) mass is 521 g/mol. The Bertz CT molecular complexity index is 1050. The second-order valence-electron chi connectivity index (χ2n) is 10.5. The van der Waals surface area contributed by atoms with E-state index in [0.29, 0.717) is 17.5 Å². The first-order valence-corrected chi connectivity index (χ1v) is 14.2. The van der Waals surface area contributed by atoms with Crippen molar-refractivity contribution in [3.8, 4) is 11.5 Å². The molecule has 0 aromatic heterocycles. The van der Waals surface area contributed by atoms with Gasteiger partial charge in [-0.05, 0) is 56.0 Å². The molecule has 0 saturated carbocycles. The summed E-state index contributed by atoms with van der Waals surface area (Å²) in [6.45, 7) is 5.85. The van der Waals surface area contributed by atoms with Crippen molar-refractivity contribution < 1.29 is 19.1 Å². The molecule has 2 aliphatic rings. The molecule has 0 atom stereocenters. The summed E-state index contributed by atoms with van der Waals surface area (Å²) in [5, 5.41) is 0. The van der Waals surface area contributed by atoms with E-state index in [0.717, 1.165) is 57.7 Å². The lowest BCUT2D eigenvalue weighted by atomic mass is 10.0. The molecule has 2 amide bonds. The van der Waals surface area contributed by atoms with Crippen molar-refractivity contribution in [1.82, 2.24) is 9.80 Å². The maximum Gasteiger partial charge on any atom is 0.260 e. The number of nitrogens with zero attached hydrogens (tertiary/aromatic N) is 3. The summed E-state index contributed by atoms with van der Waals surface area (Å²) in [7, 11) is 1.62. The van der Waals surface area contributed by atoms with Crippen LogP contribution in [0.3, 0.4) is 0 Å². The van der Waals surface area contributed by atoms with Gasteiger partial charge in [-0.2, -0.15) is 0 Å². The number of hydrogen-bond acceptors (Lipinski definition) is 5. The third-order valence-electron chi connectivity index (χ3n) is 7.85. The number of anilines is 1. The molecule has 2 aromatic carbocycles. The zero-order chi connectivity index (χ0) is 26.7. The number of rotatable bonds is 5. The molecule has 0 N–H and O–H groups in total. The second kappa shape index (κ2) is 14.2. The van der Waals surface area contributed by atoms with Crippen molar-refractivity contribution in [2.24, 2.45) is 0 Å². The Labute approximate surface area is 227 Å². The molecular weight excluding hydrogens is 478 g/mol. The SMILES string of the molecule is COc1cccc(OCC(=O)N2CCC(N3CCCCCCCCN(C(C)=O)c4ccccc4C3)CC2)c1. The highest BCUT2D eigenvalue weighted by molar-refractivity contribution is 5.92. The van der Waals surface area contributed by atoms with Gasteiger partial charge in [0.05, 0.1) is 7.11 Å². The number of carbonyl (C=O) groups is 2. The normalized spacial score (nSPS) is 18.5. The van der Waals surface area contributed by atoms with Gasteiger partial charge in [-0.3, -0.25) is 14.5 Å². The highest BCUT2D eigenvalue weighted by atomic mass is 16.5. The van der Waals surface area contributed by atoms with E-state index in [1.54, 1.807) is 20.1 Å². The van der Waals surface area contributed by atoms with Crippen LogP contribution >= 0.6 is 0 Å². The van der Waals surface area contributed by atoms with Gasteiger partial charge >= 0.3 is 0 Å². The fraction of sp³-hybridized carbons (Fsp3) is 0.548. The molecule has 2 heterocycles. The van der Waals surface area contributed by atoms with Gasteiger partial charge in [-0.1, -0.05) is 49.9 Å². The molecular formula is C31H43N3O4. The van der Waals surface area contributed by atoms with Crippen molar-refractivity contribution in [3.63, 3.8) is 0 Å². The Balaban J connectivity index is 1.39. The number of methoxy groups -OCH3 is 1. The van der Waals surface area contributed by atoms with Gasteiger partial charge in [0.25, 0.3) is 5.91 Å². The predicted molar refractivity (Wildman–Crippen MR) is 151 cm³/mol. The Hall–Kier alpha value is -3.06. The van der Waals surface area contributed by atoms with Crippen LogP contribution in [0.4, 0.5) is 5.69 Å². The lowest BCUT2D eigenvalue weighted by molar-refractivity contribution is -0.135. The third kappa shape index (κ3) is 7.73. The molecule has 0 bridgehead atoms. The van der Waals surface area contributed by atoms with E-state index in [1.807, 2.05) is 34.1 Å². The van der Waals surface area contributed by atoms with Crippen LogP contribution in [0.2, 0.25) is 0 Å². The summed E-state index contributed by atoms with van der Waals surface area (Å²) < 4.78 is 11.0. The Morgan fingerprint density at radius 3 is 2.26 bits per heavy atom. The zero-order valence-electron chi connectivity index (χ0n) is 23.1. The van der Waals surface area contributed by atoms with Gasteiger partial charge in [0, 0.05) is 50.9 Å². The number of para-hydroxylation sites is 1. The molecule has 7 nitrogen and oxygen atoms in total. The van der Waals surface area contributed by atoms with E-state index in [1.165, 1.54) is 37.7 Å². The fourth-order valence-corrected chi connectivity index (χ4v) is 5.66. The summed E-state index contributed by atoms with van der Waals surface area (Å²) in [6, 6.07) is 16.2. The minimum atomic E-state index is 0.0265. The molecule has 38 heavy (non-hydrogen) atoms. The molecule has 0 aliphatic carbocycles. The van der Waals surface area contributed by atoms with E-state index >= 15 is 0 Å². The Kier molecular flexibility index (Phi) is 10.4. The molecule has 4 rings (SSSR count). The van der Waals surface area contributed by atoms with Gasteiger partial charge in [0.2, 0.25) is 5.91 Å². The average Bonchev–Trinajstić information content (AvgIpc) is 2.96. The standard InChI is InChI=1S/C31H43N3O4/c1-25(35)34-19-10-6-4-3-5-9-18-33(23-26-12-7-8-15-30(26)34)27-16-20-32(21-17-27)31(36)24-38-29-14-11-13-28(22-29)37-2/h7-8,11-15,22,27H,3-6,9-10,16-21,23-24H2,1-2H3. The molecule has 0 unspecified atom stereocenters. The van der Waals surface area contributed by atoms with E-state index in [9.17, 15) is 9.59 Å². The van der Waals surface area contributed by atoms with Gasteiger partial charge in [0.1, 0.15) is 11.5 Å². The summed E-state index contributed by atoms with van der Waals surface area (Å²) >= 11 is 0. The largest absolute Gasteiger partial charge is 0.497 e. The van der Waals surface area contributed by atoms with Gasteiger partial charge in [0.15, 0.2) is 6.61 Å². The fourth-order valence-electron chi connectivity index (χ4n) is 5.66. The summed E-state index contributed by atoms with van der Waals surface area (Å²) in [4.78, 5) is 31.9. The van der Waals surface area contributed by atoms with Crippen LogP contribution < -0.4 is 14.4 Å². The summed E-state index contributed by atoms with van der Waals surface area (Å²) in [5.41, 5.74) is 2.26. The number of fused-ring (bicyclic) bond motifs is 1. The molecule has 1 fully saturated rings. The minimum absolute atomic E-state index is 0.0265. The number of carbonyl (C=O) groups excluding carboxylic acids is 2. The van der Waals surface area contributed by atoms with E-state index in [2.05, 4.69) is 23.1 Å². The van der Waals surface area contributed by atoms with E-state index in [4.69, 9.17) is 9.47 Å². The van der Waals surface area contributed by atoms with Crippen molar-refractivity contribution in [2.45, 2.75) is 70.9 Å². The van der Waals surface area contributed by atoms with E-state index in [-0.39, 0.29) is 18.4 Å². The number of benzene rings is 2. The maximum atomic E-state index is 12.9. The van der Waals surface area contributed by atoms with Crippen LogP contribution in [0, 0.1) is 0 Å². The molecule has 206 valence electrons. The second-order valence-corrected chi connectivity index (χ2v) is 10.5. The first-order chi connectivity index (χ1) is 18.5. The van der Waals surface area contributed by atoms with Crippen molar-refractivity contribution >= 4 is 17.5 Å². The van der Waals surface area contributed by atoms with Crippen LogP contribution in [0.15, 0.2) is 48.5 Å².